The van der Waals surface area contributed by atoms with Crippen molar-refractivity contribution in [1.29, 1.82) is 0 Å². The van der Waals surface area contributed by atoms with Crippen molar-refractivity contribution in [3.63, 3.8) is 0 Å². The lowest BCUT2D eigenvalue weighted by Gasteiger charge is -2.31. The van der Waals surface area contributed by atoms with Gasteiger partial charge in [-0.1, -0.05) is 6.08 Å². The van der Waals surface area contributed by atoms with E-state index in [1.54, 1.807) is 0 Å². The topological polar surface area (TPSA) is 81.8 Å². The van der Waals surface area contributed by atoms with E-state index < -0.39 is 17.7 Å². The minimum absolute atomic E-state index is 0.595. The van der Waals surface area contributed by atoms with Crippen molar-refractivity contribution in [2.75, 3.05) is 12.3 Å². The Kier molecular flexibility index (Phi) is 5.57. The number of anilines is 1. The van der Waals surface area contributed by atoms with Crippen LogP contribution in [0, 0.1) is 13.8 Å². The van der Waals surface area contributed by atoms with Crippen LogP contribution in [0.3, 0.4) is 0 Å². The van der Waals surface area contributed by atoms with Gasteiger partial charge in [0.15, 0.2) is 6.10 Å². The number of carbonyl (C=O) groups is 1. The molecule has 0 saturated heterocycles. The van der Waals surface area contributed by atoms with Gasteiger partial charge in [-0.3, -0.25) is 0 Å². The van der Waals surface area contributed by atoms with Gasteiger partial charge in [0.1, 0.15) is 0 Å². The van der Waals surface area contributed by atoms with Gasteiger partial charge < -0.3 is 20.3 Å². The molecule has 0 bridgehead atoms. The average Bonchev–Trinajstić information content (AvgIpc) is 2.61. The van der Waals surface area contributed by atoms with Gasteiger partial charge in [-0.05, 0) is 87.8 Å². The Labute approximate surface area is 167 Å². The van der Waals surface area contributed by atoms with Gasteiger partial charge in [-0.15, -0.1) is 0 Å². The average molecular weight is 386 g/mol. The number of ether oxygens (including phenoxy) is 2. The van der Waals surface area contributed by atoms with Crippen molar-refractivity contribution < 1.29 is 19.4 Å². The summed E-state index contributed by atoms with van der Waals surface area (Å²) in [6.07, 6.45) is 4.80. The van der Waals surface area contributed by atoms with Crippen molar-refractivity contribution in [3.8, 4) is 0 Å². The zero-order valence-electron chi connectivity index (χ0n) is 17.5. The number of hydrogen-bond donors (Lipinski definition) is 2. The van der Waals surface area contributed by atoms with E-state index in [1.165, 1.54) is 5.57 Å². The lowest BCUT2D eigenvalue weighted by molar-refractivity contribution is -0.160. The van der Waals surface area contributed by atoms with E-state index >= 15 is 0 Å². The number of aryl methyl sites for hydroxylation is 1. The number of nitrogen functional groups attached to an aromatic ring is 1. The van der Waals surface area contributed by atoms with Gasteiger partial charge >= 0.3 is 5.97 Å². The fourth-order valence-electron chi connectivity index (χ4n) is 4.11. The predicted molar refractivity (Wildman–Crippen MR) is 111 cm³/mol. The minimum atomic E-state index is -1.07. The number of carboxylic acid groups (broad SMARTS) is 1. The van der Waals surface area contributed by atoms with Crippen LogP contribution >= 0.6 is 0 Å². The van der Waals surface area contributed by atoms with Crippen LogP contribution in [0.5, 0.6) is 0 Å². The van der Waals surface area contributed by atoms with Crippen LogP contribution in [-0.4, -0.2) is 23.3 Å². The fraction of sp³-hybridized carbons (Fsp3) is 0.522. The smallest absolute Gasteiger partial charge is 0.337 e. The van der Waals surface area contributed by atoms with E-state index in [-0.39, 0.29) is 0 Å². The zero-order chi connectivity index (χ0) is 20.6. The van der Waals surface area contributed by atoms with Crippen LogP contribution in [0.4, 0.5) is 5.69 Å². The second kappa shape index (κ2) is 7.63. The maximum absolute atomic E-state index is 12.2. The standard InChI is InChI=1S/C23H31NO4/c1-13-11-17(24)14(2)20(21(22(25)26)28-23(3,4)5)19(13)16-8-9-18-15(12-16)7-6-10-27-18/h11-12,21H,6-10,24H2,1-5H3,(H,25,26)/t21-/m1/s1. The molecule has 0 aromatic heterocycles. The molecule has 1 aliphatic heterocycles. The molecule has 1 aromatic rings. The van der Waals surface area contributed by atoms with Gasteiger partial charge in [0.05, 0.1) is 18.0 Å². The molecule has 28 heavy (non-hydrogen) atoms. The van der Waals surface area contributed by atoms with E-state index in [4.69, 9.17) is 15.2 Å². The number of allylic oxidation sites excluding steroid dienone is 4. The number of hydrogen-bond acceptors (Lipinski definition) is 4. The van der Waals surface area contributed by atoms with Gasteiger partial charge in [-0.25, -0.2) is 4.79 Å². The Morgan fingerprint density at radius 3 is 2.61 bits per heavy atom. The van der Waals surface area contributed by atoms with Crippen LogP contribution in [0.25, 0.3) is 5.57 Å². The molecule has 0 spiro atoms. The molecule has 5 heteroatoms. The highest BCUT2D eigenvalue weighted by atomic mass is 16.5. The van der Waals surface area contributed by atoms with Crippen LogP contribution in [-0.2, 0) is 14.3 Å². The summed E-state index contributed by atoms with van der Waals surface area (Å²) in [5, 5.41) is 9.99. The third kappa shape index (κ3) is 4.09. The molecule has 3 N–H and O–H groups in total. The van der Waals surface area contributed by atoms with Crippen molar-refractivity contribution in [3.05, 3.63) is 45.7 Å². The Bertz CT molecular complexity index is 858. The van der Waals surface area contributed by atoms with Crippen molar-refractivity contribution in [1.82, 2.24) is 0 Å². The zero-order valence-corrected chi connectivity index (χ0v) is 17.5. The summed E-state index contributed by atoms with van der Waals surface area (Å²) in [5.41, 5.74) is 12.0. The van der Waals surface area contributed by atoms with E-state index in [0.717, 1.165) is 60.3 Å². The van der Waals surface area contributed by atoms with Gasteiger partial charge in [-0.2, -0.15) is 0 Å². The van der Waals surface area contributed by atoms with Crippen LogP contribution in [0.1, 0.15) is 74.8 Å². The third-order valence-electron chi connectivity index (χ3n) is 5.35. The molecular formula is C23H31NO4. The summed E-state index contributed by atoms with van der Waals surface area (Å²) >= 11 is 0. The molecule has 1 heterocycles. The summed E-state index contributed by atoms with van der Waals surface area (Å²) in [6, 6.07) is 1.94. The van der Waals surface area contributed by atoms with Gasteiger partial charge in [0.2, 0.25) is 0 Å². The SMILES string of the molecule is Cc1cc(N)c(C)c([C@@H](OC(C)(C)C)C(=O)O)c1C1=CC2=C(CC1)OCCC2. The molecule has 152 valence electrons. The van der Waals surface area contributed by atoms with E-state index in [1.807, 2.05) is 40.7 Å². The predicted octanol–water partition coefficient (Wildman–Crippen LogP) is 5.07. The fourth-order valence-corrected chi connectivity index (χ4v) is 4.11. The minimum Gasteiger partial charge on any atom is -0.498 e. The third-order valence-corrected chi connectivity index (χ3v) is 5.35. The molecule has 1 aromatic carbocycles. The maximum Gasteiger partial charge on any atom is 0.337 e. The number of rotatable bonds is 4. The lowest BCUT2D eigenvalue weighted by atomic mass is 9.82. The molecule has 0 amide bonds. The second-order valence-corrected chi connectivity index (χ2v) is 8.71. The Morgan fingerprint density at radius 2 is 1.96 bits per heavy atom. The first-order chi connectivity index (χ1) is 13.1. The molecular weight excluding hydrogens is 354 g/mol. The molecule has 5 nitrogen and oxygen atoms in total. The van der Waals surface area contributed by atoms with Gasteiger partial charge in [0.25, 0.3) is 0 Å². The summed E-state index contributed by atoms with van der Waals surface area (Å²) in [7, 11) is 0. The lowest BCUT2D eigenvalue weighted by Crippen LogP contribution is -2.29. The number of nitrogens with two attached hydrogens (primary N) is 1. The quantitative estimate of drug-likeness (QED) is 0.707. The number of carboxylic acids is 1. The Balaban J connectivity index is 2.19. The van der Waals surface area contributed by atoms with Crippen molar-refractivity contribution in [2.24, 2.45) is 0 Å². The van der Waals surface area contributed by atoms with Gasteiger partial charge in [0, 0.05) is 17.7 Å². The molecule has 0 saturated carbocycles. The highest BCUT2D eigenvalue weighted by Crippen LogP contribution is 2.42. The van der Waals surface area contributed by atoms with Crippen LogP contribution in [0.15, 0.2) is 23.5 Å². The summed E-state index contributed by atoms with van der Waals surface area (Å²) in [4.78, 5) is 12.2. The molecule has 0 fully saturated rings. The highest BCUT2D eigenvalue weighted by Gasteiger charge is 2.33. The first-order valence-electron chi connectivity index (χ1n) is 9.94. The first kappa shape index (κ1) is 20.5. The van der Waals surface area contributed by atoms with Crippen LogP contribution in [0.2, 0.25) is 0 Å². The highest BCUT2D eigenvalue weighted by molar-refractivity contribution is 5.84. The van der Waals surface area contributed by atoms with E-state index in [0.29, 0.717) is 11.3 Å². The molecule has 0 unspecified atom stereocenters. The number of benzene rings is 1. The first-order valence-corrected chi connectivity index (χ1v) is 9.94. The largest absolute Gasteiger partial charge is 0.498 e. The number of aliphatic carboxylic acids is 1. The van der Waals surface area contributed by atoms with Crippen molar-refractivity contribution >= 4 is 17.2 Å². The molecule has 3 rings (SSSR count). The Hall–Kier alpha value is -2.27. The molecule has 1 aliphatic carbocycles. The molecule has 1 atom stereocenters. The monoisotopic (exact) mass is 385 g/mol. The molecule has 0 radical (unpaired) electrons. The van der Waals surface area contributed by atoms with Crippen LogP contribution < -0.4 is 5.73 Å². The Morgan fingerprint density at radius 1 is 1.25 bits per heavy atom. The van der Waals surface area contributed by atoms with E-state index in [2.05, 4.69) is 6.08 Å². The summed E-state index contributed by atoms with van der Waals surface area (Å²) < 4.78 is 11.8. The van der Waals surface area contributed by atoms with E-state index in [9.17, 15) is 9.90 Å². The summed E-state index contributed by atoms with van der Waals surface area (Å²) in [5.74, 6) is 0.0867. The second-order valence-electron chi connectivity index (χ2n) is 8.71. The summed E-state index contributed by atoms with van der Waals surface area (Å²) in [6.45, 7) is 10.3. The normalized spacial score (nSPS) is 18.2. The maximum atomic E-state index is 12.2. The molecule has 2 aliphatic rings. The van der Waals surface area contributed by atoms with Crippen molar-refractivity contribution in [2.45, 2.75) is 72.0 Å².